The van der Waals surface area contributed by atoms with Crippen molar-refractivity contribution in [3.8, 4) is 17.5 Å². The molecule has 0 aliphatic carbocycles. The van der Waals surface area contributed by atoms with E-state index in [4.69, 9.17) is 9.78 Å². The van der Waals surface area contributed by atoms with Gasteiger partial charge < -0.3 is 4.52 Å². The predicted octanol–water partition coefficient (Wildman–Crippen LogP) is 3.73. The molecule has 104 valence electrons. The standard InChI is InChI=1S/C16H12FN3O/c1-10(9-18)8-15-19-16(20-21-15)13-6-7-14(17)12-5-3-2-4-11(12)13/h2-7,10H,8H2,1H3. The summed E-state index contributed by atoms with van der Waals surface area (Å²) < 4.78 is 19.0. The van der Waals surface area contributed by atoms with E-state index in [1.54, 1.807) is 25.1 Å². The minimum absolute atomic E-state index is 0.191. The Bertz CT molecular complexity index is 835. The maximum atomic E-state index is 13.8. The second-order valence-electron chi connectivity index (χ2n) is 4.89. The van der Waals surface area contributed by atoms with E-state index in [0.29, 0.717) is 29.1 Å². The average Bonchev–Trinajstić information content (AvgIpc) is 2.96. The van der Waals surface area contributed by atoms with E-state index in [2.05, 4.69) is 16.2 Å². The van der Waals surface area contributed by atoms with Gasteiger partial charge in [-0.05, 0) is 24.4 Å². The third kappa shape index (κ3) is 2.48. The number of hydrogen-bond acceptors (Lipinski definition) is 4. The van der Waals surface area contributed by atoms with Crippen LogP contribution in [0.2, 0.25) is 0 Å². The Morgan fingerprint density at radius 3 is 2.76 bits per heavy atom. The van der Waals surface area contributed by atoms with Crippen LogP contribution in [0.4, 0.5) is 4.39 Å². The first-order chi connectivity index (χ1) is 10.2. The van der Waals surface area contributed by atoms with E-state index in [1.165, 1.54) is 6.07 Å². The molecule has 0 radical (unpaired) electrons. The number of fused-ring (bicyclic) bond motifs is 1. The van der Waals surface area contributed by atoms with Gasteiger partial charge in [0, 0.05) is 17.4 Å². The maximum Gasteiger partial charge on any atom is 0.228 e. The molecule has 1 aromatic heterocycles. The first-order valence-corrected chi connectivity index (χ1v) is 6.59. The van der Waals surface area contributed by atoms with Crippen molar-refractivity contribution in [1.29, 1.82) is 5.26 Å². The molecule has 0 bridgehead atoms. The molecule has 0 saturated heterocycles. The van der Waals surface area contributed by atoms with Crippen molar-refractivity contribution >= 4 is 10.8 Å². The van der Waals surface area contributed by atoms with Crippen molar-refractivity contribution in [3.63, 3.8) is 0 Å². The molecule has 3 rings (SSSR count). The molecule has 1 unspecified atom stereocenters. The molecular weight excluding hydrogens is 269 g/mol. The van der Waals surface area contributed by atoms with Crippen molar-refractivity contribution < 1.29 is 8.91 Å². The quantitative estimate of drug-likeness (QED) is 0.733. The lowest BCUT2D eigenvalue weighted by atomic mass is 10.0. The summed E-state index contributed by atoms with van der Waals surface area (Å²) in [7, 11) is 0. The highest BCUT2D eigenvalue weighted by atomic mass is 19.1. The van der Waals surface area contributed by atoms with Crippen LogP contribution in [0.5, 0.6) is 0 Å². The molecule has 0 amide bonds. The van der Waals surface area contributed by atoms with E-state index >= 15 is 0 Å². The zero-order chi connectivity index (χ0) is 14.8. The van der Waals surface area contributed by atoms with E-state index in [9.17, 15) is 4.39 Å². The summed E-state index contributed by atoms with van der Waals surface area (Å²) in [5.74, 6) is 0.346. The Morgan fingerprint density at radius 1 is 1.24 bits per heavy atom. The van der Waals surface area contributed by atoms with E-state index in [0.717, 1.165) is 5.39 Å². The molecule has 0 aliphatic heterocycles. The Kier molecular flexibility index (Phi) is 3.36. The van der Waals surface area contributed by atoms with Crippen LogP contribution in [-0.2, 0) is 6.42 Å². The highest BCUT2D eigenvalue weighted by molar-refractivity contribution is 5.95. The third-order valence-electron chi connectivity index (χ3n) is 3.28. The van der Waals surface area contributed by atoms with Crippen LogP contribution in [0.3, 0.4) is 0 Å². The molecule has 1 heterocycles. The fraction of sp³-hybridized carbons (Fsp3) is 0.188. The zero-order valence-corrected chi connectivity index (χ0v) is 11.4. The SMILES string of the molecule is CC(C#N)Cc1nc(-c2ccc(F)c3ccccc23)no1. The van der Waals surface area contributed by atoms with Crippen LogP contribution >= 0.6 is 0 Å². The summed E-state index contributed by atoms with van der Waals surface area (Å²) in [5.41, 5.74) is 0.714. The fourth-order valence-corrected chi connectivity index (χ4v) is 2.21. The van der Waals surface area contributed by atoms with Gasteiger partial charge in [-0.25, -0.2) is 4.39 Å². The van der Waals surface area contributed by atoms with Gasteiger partial charge in [-0.1, -0.05) is 29.4 Å². The first kappa shape index (κ1) is 13.3. The van der Waals surface area contributed by atoms with Crippen LogP contribution in [0.15, 0.2) is 40.9 Å². The number of benzene rings is 2. The van der Waals surface area contributed by atoms with Crippen LogP contribution in [-0.4, -0.2) is 10.1 Å². The number of rotatable bonds is 3. The first-order valence-electron chi connectivity index (χ1n) is 6.59. The van der Waals surface area contributed by atoms with Crippen molar-refractivity contribution in [2.75, 3.05) is 0 Å². The zero-order valence-electron chi connectivity index (χ0n) is 11.4. The van der Waals surface area contributed by atoms with Crippen molar-refractivity contribution in [1.82, 2.24) is 10.1 Å². The number of halogens is 1. The van der Waals surface area contributed by atoms with Gasteiger partial charge in [0.25, 0.3) is 0 Å². The lowest BCUT2D eigenvalue weighted by Gasteiger charge is -2.03. The molecule has 0 spiro atoms. The predicted molar refractivity (Wildman–Crippen MR) is 75.7 cm³/mol. The second kappa shape index (κ2) is 5.33. The summed E-state index contributed by atoms with van der Waals surface area (Å²) in [5, 5.41) is 14.0. The molecular formula is C16H12FN3O. The average molecular weight is 281 g/mol. The van der Waals surface area contributed by atoms with E-state index in [-0.39, 0.29) is 11.7 Å². The molecule has 3 aromatic rings. The number of nitrogens with zero attached hydrogens (tertiary/aromatic N) is 3. The summed E-state index contributed by atoms with van der Waals surface area (Å²) in [6.07, 6.45) is 0.405. The third-order valence-corrected chi connectivity index (χ3v) is 3.28. The molecule has 21 heavy (non-hydrogen) atoms. The molecule has 1 atom stereocenters. The summed E-state index contributed by atoms with van der Waals surface area (Å²) in [6, 6.07) is 12.3. The minimum Gasteiger partial charge on any atom is -0.339 e. The molecule has 0 fully saturated rings. The summed E-state index contributed by atoms with van der Waals surface area (Å²) in [4.78, 5) is 4.30. The van der Waals surface area contributed by atoms with Gasteiger partial charge in [0.1, 0.15) is 5.82 Å². The Labute approximate surface area is 120 Å². The van der Waals surface area contributed by atoms with Crippen LogP contribution < -0.4 is 0 Å². The van der Waals surface area contributed by atoms with E-state index < -0.39 is 0 Å². The van der Waals surface area contributed by atoms with Gasteiger partial charge >= 0.3 is 0 Å². The van der Waals surface area contributed by atoms with Crippen LogP contribution in [0, 0.1) is 23.1 Å². The van der Waals surface area contributed by atoms with Crippen LogP contribution in [0.1, 0.15) is 12.8 Å². The Morgan fingerprint density at radius 2 is 2.00 bits per heavy atom. The monoisotopic (exact) mass is 281 g/mol. The smallest absolute Gasteiger partial charge is 0.228 e. The highest BCUT2D eigenvalue weighted by Gasteiger charge is 2.14. The van der Waals surface area contributed by atoms with Crippen molar-refractivity contribution in [3.05, 3.63) is 48.1 Å². The topological polar surface area (TPSA) is 62.7 Å². The van der Waals surface area contributed by atoms with Gasteiger partial charge in [-0.15, -0.1) is 0 Å². The minimum atomic E-state index is -0.281. The number of aromatic nitrogens is 2. The Balaban J connectivity index is 2.06. The highest BCUT2D eigenvalue weighted by Crippen LogP contribution is 2.28. The molecule has 4 nitrogen and oxygen atoms in total. The molecule has 2 aromatic carbocycles. The summed E-state index contributed by atoms with van der Waals surface area (Å²) in [6.45, 7) is 1.79. The maximum absolute atomic E-state index is 13.8. The second-order valence-corrected chi connectivity index (χ2v) is 4.89. The molecule has 0 aliphatic rings. The number of hydrogen-bond donors (Lipinski definition) is 0. The van der Waals surface area contributed by atoms with Crippen molar-refractivity contribution in [2.24, 2.45) is 5.92 Å². The van der Waals surface area contributed by atoms with Gasteiger partial charge in [-0.2, -0.15) is 10.2 Å². The molecule has 5 heteroatoms. The Hall–Kier alpha value is -2.74. The fourth-order valence-electron chi connectivity index (χ4n) is 2.21. The normalized spacial score (nSPS) is 12.2. The number of nitriles is 1. The lowest BCUT2D eigenvalue weighted by molar-refractivity contribution is 0.369. The lowest BCUT2D eigenvalue weighted by Crippen LogP contribution is -1.96. The van der Waals surface area contributed by atoms with Gasteiger partial charge in [0.15, 0.2) is 0 Å². The van der Waals surface area contributed by atoms with Crippen LogP contribution in [0.25, 0.3) is 22.2 Å². The van der Waals surface area contributed by atoms with Gasteiger partial charge in [0.05, 0.1) is 12.0 Å². The summed E-state index contributed by atoms with van der Waals surface area (Å²) >= 11 is 0. The van der Waals surface area contributed by atoms with E-state index in [1.807, 2.05) is 12.1 Å². The van der Waals surface area contributed by atoms with Crippen molar-refractivity contribution in [2.45, 2.75) is 13.3 Å². The van der Waals surface area contributed by atoms with Gasteiger partial charge in [-0.3, -0.25) is 0 Å². The van der Waals surface area contributed by atoms with Gasteiger partial charge in [0.2, 0.25) is 11.7 Å². The molecule has 0 N–H and O–H groups in total. The molecule has 0 saturated carbocycles. The largest absolute Gasteiger partial charge is 0.339 e.